The summed E-state index contributed by atoms with van der Waals surface area (Å²) in [4.78, 5) is 14.0. The van der Waals surface area contributed by atoms with Crippen LogP contribution in [-0.2, 0) is 13.1 Å². The Morgan fingerprint density at radius 3 is 3.00 bits per heavy atom. The van der Waals surface area contributed by atoms with Crippen molar-refractivity contribution >= 4 is 11.7 Å². The van der Waals surface area contributed by atoms with Crippen LogP contribution >= 0.6 is 0 Å². The van der Waals surface area contributed by atoms with Gasteiger partial charge in [-0.05, 0) is 20.2 Å². The second kappa shape index (κ2) is 6.36. The van der Waals surface area contributed by atoms with Crippen LogP contribution in [0.4, 0.5) is 5.82 Å². The van der Waals surface area contributed by atoms with Crippen LogP contribution in [0.15, 0.2) is 29.0 Å². The van der Waals surface area contributed by atoms with Gasteiger partial charge in [-0.15, -0.1) is 0 Å². The van der Waals surface area contributed by atoms with Gasteiger partial charge in [0.1, 0.15) is 12.0 Å². The second-order valence-corrected chi connectivity index (χ2v) is 4.73. The molecule has 20 heavy (non-hydrogen) atoms. The first kappa shape index (κ1) is 14.3. The summed E-state index contributed by atoms with van der Waals surface area (Å²) in [6.45, 7) is 1.93. The van der Waals surface area contributed by atoms with Crippen LogP contribution in [0.25, 0.3) is 0 Å². The average Bonchev–Trinajstić information content (AvgIpc) is 3.05. The molecule has 1 amide bonds. The Hall–Kier alpha value is -2.12. The van der Waals surface area contributed by atoms with Crippen LogP contribution < -0.4 is 11.1 Å². The predicted octanol–water partition coefficient (Wildman–Crippen LogP) is 0.749. The van der Waals surface area contributed by atoms with E-state index >= 15 is 0 Å². The van der Waals surface area contributed by atoms with E-state index in [-0.39, 0.29) is 12.5 Å². The van der Waals surface area contributed by atoms with Crippen LogP contribution in [0.3, 0.4) is 0 Å². The minimum absolute atomic E-state index is 0.258. The molecular weight excluding hydrogens is 258 g/mol. The topological polar surface area (TPSA) is 89.3 Å². The molecule has 0 radical (unpaired) electrons. The molecule has 0 aliphatic heterocycles. The molecule has 3 N–H and O–H groups in total. The fourth-order valence-electron chi connectivity index (χ4n) is 1.65. The summed E-state index contributed by atoms with van der Waals surface area (Å²) in [5, 5.41) is 7.00. The summed E-state index contributed by atoms with van der Waals surface area (Å²) < 4.78 is 6.91. The van der Waals surface area contributed by atoms with Crippen molar-refractivity contribution in [3.8, 4) is 0 Å². The molecule has 7 heteroatoms. The smallest absolute Gasteiger partial charge is 0.260 e. The van der Waals surface area contributed by atoms with E-state index in [1.807, 2.05) is 20.3 Å². The number of aromatic nitrogens is 2. The third-order valence-electron chi connectivity index (χ3n) is 2.78. The zero-order valence-corrected chi connectivity index (χ0v) is 11.7. The molecule has 0 saturated carbocycles. The van der Waals surface area contributed by atoms with Crippen LogP contribution in [0, 0.1) is 0 Å². The molecule has 0 aliphatic rings. The quantitative estimate of drug-likeness (QED) is 0.813. The maximum Gasteiger partial charge on any atom is 0.260 e. The molecular formula is C13H19N5O2. The molecule has 2 heterocycles. The Balaban J connectivity index is 1.94. The van der Waals surface area contributed by atoms with Crippen molar-refractivity contribution in [3.05, 3.63) is 35.9 Å². The molecule has 2 rings (SSSR count). The molecule has 0 fully saturated rings. The molecule has 0 spiro atoms. The second-order valence-electron chi connectivity index (χ2n) is 4.73. The van der Waals surface area contributed by atoms with E-state index in [0.717, 1.165) is 13.1 Å². The van der Waals surface area contributed by atoms with Crippen molar-refractivity contribution in [1.29, 1.82) is 0 Å². The van der Waals surface area contributed by atoms with Crippen LogP contribution in [0.1, 0.15) is 16.1 Å². The summed E-state index contributed by atoms with van der Waals surface area (Å²) >= 11 is 0. The Morgan fingerprint density at radius 2 is 2.35 bits per heavy atom. The van der Waals surface area contributed by atoms with Crippen molar-refractivity contribution in [1.82, 2.24) is 14.7 Å². The highest BCUT2D eigenvalue weighted by Crippen LogP contribution is 2.10. The minimum Gasteiger partial charge on any atom is -0.467 e. The highest BCUT2D eigenvalue weighted by molar-refractivity contribution is 6.03. The summed E-state index contributed by atoms with van der Waals surface area (Å²) in [7, 11) is 4.00. The first-order valence-corrected chi connectivity index (χ1v) is 6.35. The third kappa shape index (κ3) is 3.69. The van der Waals surface area contributed by atoms with Gasteiger partial charge in [-0.2, -0.15) is 5.10 Å². The third-order valence-corrected chi connectivity index (χ3v) is 2.78. The number of nitrogens with zero attached hydrogens (tertiary/aromatic N) is 3. The lowest BCUT2D eigenvalue weighted by molar-refractivity contribution is 0.102. The van der Waals surface area contributed by atoms with Gasteiger partial charge in [0.25, 0.3) is 5.91 Å². The number of hydrogen-bond acceptors (Lipinski definition) is 5. The van der Waals surface area contributed by atoms with Crippen molar-refractivity contribution in [2.24, 2.45) is 5.73 Å². The van der Waals surface area contributed by atoms with E-state index < -0.39 is 0 Å². The first-order chi connectivity index (χ1) is 9.58. The van der Waals surface area contributed by atoms with E-state index in [1.54, 1.807) is 16.8 Å². The number of nitrogens with two attached hydrogens (primary N) is 1. The van der Waals surface area contributed by atoms with Gasteiger partial charge in [-0.25, -0.2) is 0 Å². The van der Waals surface area contributed by atoms with E-state index in [0.29, 0.717) is 17.1 Å². The summed E-state index contributed by atoms with van der Waals surface area (Å²) in [6, 6.07) is 3.38. The van der Waals surface area contributed by atoms with Crippen molar-refractivity contribution in [2.45, 2.75) is 13.1 Å². The number of carbonyl (C=O) groups is 1. The predicted molar refractivity (Wildman–Crippen MR) is 75.3 cm³/mol. The lowest BCUT2D eigenvalue weighted by atomic mass is 10.3. The SMILES string of the molecule is CN(C)CCn1ccc(NC(=O)c2coc(CN)c2)n1. The normalized spacial score (nSPS) is 11.0. The first-order valence-electron chi connectivity index (χ1n) is 6.35. The average molecular weight is 277 g/mol. The van der Waals surface area contributed by atoms with Crippen molar-refractivity contribution in [3.63, 3.8) is 0 Å². The number of nitrogens with one attached hydrogen (secondary N) is 1. The molecule has 0 bridgehead atoms. The van der Waals surface area contributed by atoms with Gasteiger partial charge in [-0.3, -0.25) is 9.48 Å². The molecule has 0 saturated heterocycles. The van der Waals surface area contributed by atoms with Gasteiger partial charge in [0, 0.05) is 18.8 Å². The molecule has 0 unspecified atom stereocenters. The monoisotopic (exact) mass is 277 g/mol. The van der Waals surface area contributed by atoms with Crippen LogP contribution in [-0.4, -0.2) is 41.2 Å². The zero-order valence-electron chi connectivity index (χ0n) is 11.7. The van der Waals surface area contributed by atoms with Gasteiger partial charge in [0.15, 0.2) is 5.82 Å². The maximum absolute atomic E-state index is 11.9. The van der Waals surface area contributed by atoms with Gasteiger partial charge in [0.05, 0.1) is 18.7 Å². The molecule has 108 valence electrons. The molecule has 0 aromatic carbocycles. The Kier molecular flexibility index (Phi) is 4.54. The fraction of sp³-hybridized carbons (Fsp3) is 0.385. The number of furan rings is 1. The molecule has 7 nitrogen and oxygen atoms in total. The number of anilines is 1. The molecule has 2 aromatic rings. The molecule has 0 aliphatic carbocycles. The van der Waals surface area contributed by atoms with E-state index in [4.69, 9.17) is 10.2 Å². The number of carbonyl (C=O) groups excluding carboxylic acids is 1. The summed E-state index contributed by atoms with van der Waals surface area (Å²) in [6.07, 6.45) is 3.22. The maximum atomic E-state index is 11.9. The molecule has 2 aromatic heterocycles. The lowest BCUT2D eigenvalue weighted by Crippen LogP contribution is -2.19. The van der Waals surface area contributed by atoms with Gasteiger partial charge in [-0.1, -0.05) is 0 Å². The summed E-state index contributed by atoms with van der Waals surface area (Å²) in [5.41, 5.74) is 5.87. The number of amides is 1. The van der Waals surface area contributed by atoms with Crippen molar-refractivity contribution < 1.29 is 9.21 Å². The minimum atomic E-state index is -0.258. The number of rotatable bonds is 6. The fourth-order valence-corrected chi connectivity index (χ4v) is 1.65. The van der Waals surface area contributed by atoms with Crippen molar-refractivity contribution in [2.75, 3.05) is 26.0 Å². The van der Waals surface area contributed by atoms with Crippen LogP contribution in [0.2, 0.25) is 0 Å². The largest absolute Gasteiger partial charge is 0.467 e. The number of hydrogen-bond donors (Lipinski definition) is 2. The number of likely N-dealkylation sites (N-methyl/N-ethyl adjacent to an activating group) is 1. The van der Waals surface area contributed by atoms with Gasteiger partial charge in [0.2, 0.25) is 0 Å². The highest BCUT2D eigenvalue weighted by Gasteiger charge is 2.11. The Morgan fingerprint density at radius 1 is 1.55 bits per heavy atom. The Labute approximate surface area is 117 Å². The highest BCUT2D eigenvalue weighted by atomic mass is 16.3. The lowest BCUT2D eigenvalue weighted by Gasteiger charge is -2.08. The molecule has 0 atom stereocenters. The zero-order chi connectivity index (χ0) is 14.5. The van der Waals surface area contributed by atoms with E-state index in [1.165, 1.54) is 6.26 Å². The van der Waals surface area contributed by atoms with Gasteiger partial charge < -0.3 is 20.4 Å². The van der Waals surface area contributed by atoms with E-state index in [2.05, 4.69) is 15.3 Å². The summed E-state index contributed by atoms with van der Waals surface area (Å²) in [5.74, 6) is 0.835. The standard InChI is InChI=1S/C13H19N5O2/c1-17(2)5-6-18-4-3-12(16-18)15-13(19)10-7-11(8-14)20-9-10/h3-4,7,9H,5-6,8,14H2,1-2H3,(H,15,16,19). The Bertz CT molecular complexity index is 573. The van der Waals surface area contributed by atoms with Crippen LogP contribution in [0.5, 0.6) is 0 Å². The van der Waals surface area contributed by atoms with E-state index in [9.17, 15) is 4.79 Å². The van der Waals surface area contributed by atoms with Gasteiger partial charge >= 0.3 is 0 Å².